The average molecular weight is 428 g/mol. The molecule has 0 aliphatic rings. The van der Waals surface area contributed by atoms with Crippen LogP contribution in [0.2, 0.25) is 0 Å². The minimum Gasteiger partial charge on any atom is -0.355 e. The van der Waals surface area contributed by atoms with E-state index in [0.717, 1.165) is 14.8 Å². The summed E-state index contributed by atoms with van der Waals surface area (Å²) in [4.78, 5) is 17.3. The van der Waals surface area contributed by atoms with E-state index in [4.69, 9.17) is 4.84 Å². The molecule has 122 valence electrons. The number of anilines is 2. The van der Waals surface area contributed by atoms with Gasteiger partial charge < -0.3 is 5.32 Å². The van der Waals surface area contributed by atoms with Gasteiger partial charge in [-0.2, -0.15) is 0 Å². The van der Waals surface area contributed by atoms with Gasteiger partial charge in [0, 0.05) is 9.26 Å². The molecular weight excluding hydrogens is 410 g/mol. The number of rotatable bonds is 5. The molecule has 0 heterocycles. The molecule has 0 aliphatic carbocycles. The Balaban J connectivity index is 2.30. The predicted octanol–water partition coefficient (Wildman–Crippen LogP) is 4.55. The fourth-order valence-electron chi connectivity index (χ4n) is 1.96. The Bertz CT molecular complexity index is 720. The van der Waals surface area contributed by atoms with Crippen LogP contribution in [0.25, 0.3) is 0 Å². The lowest BCUT2D eigenvalue weighted by Gasteiger charge is -2.15. The maximum absolute atomic E-state index is 13.6. The Morgan fingerprint density at radius 2 is 1.91 bits per heavy atom. The SMILES string of the molecule is Cc1cc(I)ccc1Nc1cc(F)ccc1C(=O)NOC(C)C. The van der Waals surface area contributed by atoms with E-state index >= 15 is 0 Å². The molecular formula is C17H18FIN2O2. The first kappa shape index (κ1) is 17.7. The molecule has 0 fully saturated rings. The number of carbonyl (C=O) groups is 1. The number of benzene rings is 2. The molecule has 0 bridgehead atoms. The van der Waals surface area contributed by atoms with E-state index in [-0.39, 0.29) is 6.10 Å². The average Bonchev–Trinajstić information content (AvgIpc) is 2.48. The first-order valence-electron chi connectivity index (χ1n) is 7.15. The monoisotopic (exact) mass is 428 g/mol. The van der Waals surface area contributed by atoms with E-state index < -0.39 is 11.7 Å². The molecule has 2 N–H and O–H groups in total. The molecule has 2 aromatic carbocycles. The Kier molecular flexibility index (Phi) is 5.95. The fourth-order valence-corrected chi connectivity index (χ4v) is 2.60. The summed E-state index contributed by atoms with van der Waals surface area (Å²) in [6, 6.07) is 9.81. The van der Waals surface area contributed by atoms with Gasteiger partial charge in [-0.1, -0.05) is 0 Å². The lowest BCUT2D eigenvalue weighted by atomic mass is 10.1. The minimum atomic E-state index is -0.427. The van der Waals surface area contributed by atoms with E-state index in [1.54, 1.807) is 13.8 Å². The van der Waals surface area contributed by atoms with Gasteiger partial charge >= 0.3 is 0 Å². The van der Waals surface area contributed by atoms with E-state index in [9.17, 15) is 9.18 Å². The van der Waals surface area contributed by atoms with E-state index in [1.165, 1.54) is 18.2 Å². The van der Waals surface area contributed by atoms with Gasteiger partial charge in [-0.3, -0.25) is 9.63 Å². The Morgan fingerprint density at radius 3 is 2.57 bits per heavy atom. The second-order valence-electron chi connectivity index (χ2n) is 5.37. The molecule has 0 aromatic heterocycles. The van der Waals surface area contributed by atoms with Crippen molar-refractivity contribution < 1.29 is 14.0 Å². The fraction of sp³-hybridized carbons (Fsp3) is 0.235. The van der Waals surface area contributed by atoms with Crippen molar-refractivity contribution >= 4 is 39.9 Å². The molecule has 0 atom stereocenters. The molecule has 6 heteroatoms. The first-order chi connectivity index (χ1) is 10.9. The van der Waals surface area contributed by atoms with Crippen molar-refractivity contribution in [1.29, 1.82) is 0 Å². The zero-order valence-corrected chi connectivity index (χ0v) is 15.3. The Morgan fingerprint density at radius 1 is 1.17 bits per heavy atom. The first-order valence-corrected chi connectivity index (χ1v) is 8.23. The van der Waals surface area contributed by atoms with Gasteiger partial charge in [0.15, 0.2) is 0 Å². The van der Waals surface area contributed by atoms with Crippen molar-refractivity contribution in [3.63, 3.8) is 0 Å². The Hall–Kier alpha value is -1.67. The van der Waals surface area contributed by atoms with Gasteiger partial charge in [0.1, 0.15) is 5.82 Å². The van der Waals surface area contributed by atoms with Crippen LogP contribution in [0.3, 0.4) is 0 Å². The normalized spacial score (nSPS) is 10.7. The number of hydroxylamine groups is 1. The third kappa shape index (κ3) is 4.90. The van der Waals surface area contributed by atoms with Crippen LogP contribution in [0.1, 0.15) is 29.8 Å². The molecule has 0 spiro atoms. The molecule has 23 heavy (non-hydrogen) atoms. The van der Waals surface area contributed by atoms with Gasteiger partial charge in [-0.05, 0) is 85.3 Å². The van der Waals surface area contributed by atoms with Crippen molar-refractivity contribution in [2.24, 2.45) is 0 Å². The lowest BCUT2D eigenvalue weighted by Crippen LogP contribution is -2.27. The van der Waals surface area contributed by atoms with Gasteiger partial charge in [0.05, 0.1) is 17.4 Å². The van der Waals surface area contributed by atoms with Gasteiger partial charge in [0.2, 0.25) is 0 Å². The molecule has 2 aromatic rings. The van der Waals surface area contributed by atoms with E-state index in [0.29, 0.717) is 11.3 Å². The number of aryl methyl sites for hydroxylation is 1. The van der Waals surface area contributed by atoms with Crippen LogP contribution in [0.5, 0.6) is 0 Å². The minimum absolute atomic E-state index is 0.144. The summed E-state index contributed by atoms with van der Waals surface area (Å²) >= 11 is 2.22. The van der Waals surface area contributed by atoms with Crippen molar-refractivity contribution in [2.75, 3.05) is 5.32 Å². The third-order valence-electron chi connectivity index (χ3n) is 3.07. The van der Waals surface area contributed by atoms with Crippen LogP contribution in [0.15, 0.2) is 36.4 Å². The number of hydrogen-bond acceptors (Lipinski definition) is 3. The van der Waals surface area contributed by atoms with Crippen molar-refractivity contribution in [1.82, 2.24) is 5.48 Å². The molecule has 0 saturated heterocycles. The molecule has 1 amide bonds. The number of carbonyl (C=O) groups excluding carboxylic acids is 1. The summed E-state index contributed by atoms with van der Waals surface area (Å²) < 4.78 is 14.7. The second kappa shape index (κ2) is 7.74. The molecule has 2 rings (SSSR count). The van der Waals surface area contributed by atoms with Crippen LogP contribution < -0.4 is 10.8 Å². The summed E-state index contributed by atoms with van der Waals surface area (Å²) in [5, 5.41) is 3.12. The highest BCUT2D eigenvalue weighted by Crippen LogP contribution is 2.25. The Labute approximate surface area is 148 Å². The molecule has 0 radical (unpaired) electrons. The molecule has 0 unspecified atom stereocenters. The predicted molar refractivity (Wildman–Crippen MR) is 97.3 cm³/mol. The van der Waals surface area contributed by atoms with Crippen LogP contribution in [-0.2, 0) is 4.84 Å². The largest absolute Gasteiger partial charge is 0.355 e. The summed E-state index contributed by atoms with van der Waals surface area (Å²) in [6.07, 6.45) is -0.144. The van der Waals surface area contributed by atoms with Crippen LogP contribution in [0, 0.1) is 16.3 Å². The van der Waals surface area contributed by atoms with E-state index in [2.05, 4.69) is 33.4 Å². The highest BCUT2D eigenvalue weighted by molar-refractivity contribution is 14.1. The van der Waals surface area contributed by atoms with Gasteiger partial charge in [0.25, 0.3) is 5.91 Å². The van der Waals surface area contributed by atoms with E-state index in [1.807, 2.05) is 25.1 Å². The van der Waals surface area contributed by atoms with Gasteiger partial charge in [-0.25, -0.2) is 9.87 Å². The number of nitrogens with one attached hydrogen (secondary N) is 2. The topological polar surface area (TPSA) is 50.4 Å². The molecule has 0 aliphatic heterocycles. The van der Waals surface area contributed by atoms with Crippen molar-refractivity contribution in [2.45, 2.75) is 26.9 Å². The zero-order valence-electron chi connectivity index (χ0n) is 13.1. The summed E-state index contributed by atoms with van der Waals surface area (Å²) in [5.41, 5.74) is 4.88. The number of hydrogen-bond donors (Lipinski definition) is 2. The highest BCUT2D eigenvalue weighted by atomic mass is 127. The van der Waals surface area contributed by atoms with Crippen LogP contribution in [-0.4, -0.2) is 12.0 Å². The standard InChI is InChI=1S/C17H18FIN2O2/c1-10(2)23-21-17(22)14-6-4-12(18)9-16(14)20-15-7-5-13(19)8-11(15)3/h4-10,20H,1-3H3,(H,21,22). The third-order valence-corrected chi connectivity index (χ3v) is 3.74. The van der Waals surface area contributed by atoms with Crippen molar-refractivity contribution in [3.8, 4) is 0 Å². The maximum Gasteiger partial charge on any atom is 0.276 e. The lowest BCUT2D eigenvalue weighted by molar-refractivity contribution is 0.000241. The smallest absolute Gasteiger partial charge is 0.276 e. The summed E-state index contributed by atoms with van der Waals surface area (Å²) in [7, 11) is 0. The van der Waals surface area contributed by atoms with Crippen LogP contribution in [0.4, 0.5) is 15.8 Å². The number of halogens is 2. The quantitative estimate of drug-likeness (QED) is 0.543. The molecule has 4 nitrogen and oxygen atoms in total. The number of amides is 1. The van der Waals surface area contributed by atoms with Gasteiger partial charge in [-0.15, -0.1) is 0 Å². The maximum atomic E-state index is 13.6. The summed E-state index contributed by atoms with van der Waals surface area (Å²) in [6.45, 7) is 5.56. The second-order valence-corrected chi connectivity index (χ2v) is 6.62. The molecule has 0 saturated carbocycles. The zero-order chi connectivity index (χ0) is 17.0. The summed E-state index contributed by atoms with van der Waals surface area (Å²) in [5.74, 6) is -0.846. The van der Waals surface area contributed by atoms with Crippen molar-refractivity contribution in [3.05, 3.63) is 56.9 Å². The highest BCUT2D eigenvalue weighted by Gasteiger charge is 2.14. The van der Waals surface area contributed by atoms with Crippen LogP contribution >= 0.6 is 22.6 Å².